The van der Waals surface area contributed by atoms with E-state index in [1.165, 1.54) is 6.21 Å². The first kappa shape index (κ1) is 25.5. The van der Waals surface area contributed by atoms with Gasteiger partial charge in [0.2, 0.25) is 11.8 Å². The number of amides is 3. The lowest BCUT2D eigenvalue weighted by molar-refractivity contribution is -0.133. The summed E-state index contributed by atoms with van der Waals surface area (Å²) in [5, 5.41) is 16.5. The number of nitrogens with zero attached hydrogens (tertiary/aromatic N) is 3. The van der Waals surface area contributed by atoms with E-state index in [0.29, 0.717) is 18.5 Å². The molecular weight excluding hydrogens is 482 g/mol. The number of fused-ring (bicyclic) bond motifs is 3. The van der Waals surface area contributed by atoms with Crippen molar-refractivity contribution >= 4 is 40.5 Å². The van der Waals surface area contributed by atoms with Crippen molar-refractivity contribution in [3.8, 4) is 0 Å². The fourth-order valence-electron chi connectivity index (χ4n) is 6.02. The molecule has 0 radical (unpaired) electrons. The van der Waals surface area contributed by atoms with E-state index < -0.39 is 17.5 Å². The lowest BCUT2D eigenvalue weighted by Crippen LogP contribution is -2.52. The molecule has 0 bridgehead atoms. The minimum atomic E-state index is -0.937. The number of likely N-dealkylation sites (N-methyl/N-ethyl adjacent to an activating group) is 1. The van der Waals surface area contributed by atoms with Gasteiger partial charge in [-0.15, -0.1) is 0 Å². The standard InChI is InChI=1S/C29H33N5O4/c1-17(2)12-24(32-26(35)23-13-20-18(3)8-7-10-22(20)31-23)27(36)34-16-29(14-19(34)15-30-38)21-9-5-6-11-25(21)33(4)28(29)37/h5-11,13,15,17,19,24,31,38H,12,14,16H2,1-4H3,(H,32,35)/t19-,24-,29-/m0/s1. The van der Waals surface area contributed by atoms with Gasteiger partial charge < -0.3 is 25.3 Å². The molecule has 9 heteroatoms. The number of anilines is 1. The summed E-state index contributed by atoms with van der Waals surface area (Å²) in [5.41, 5.74) is 3.01. The van der Waals surface area contributed by atoms with Crippen LogP contribution in [0.4, 0.5) is 5.69 Å². The van der Waals surface area contributed by atoms with Crippen LogP contribution in [0, 0.1) is 12.8 Å². The largest absolute Gasteiger partial charge is 0.411 e. The molecule has 1 spiro atoms. The molecule has 2 aromatic carbocycles. The lowest BCUT2D eigenvalue weighted by Gasteiger charge is -2.29. The first-order valence-corrected chi connectivity index (χ1v) is 12.9. The van der Waals surface area contributed by atoms with E-state index in [2.05, 4.69) is 15.5 Å². The highest BCUT2D eigenvalue weighted by Crippen LogP contribution is 2.48. The second-order valence-corrected chi connectivity index (χ2v) is 10.8. The van der Waals surface area contributed by atoms with Crippen LogP contribution >= 0.6 is 0 Å². The van der Waals surface area contributed by atoms with Gasteiger partial charge in [0.15, 0.2) is 0 Å². The number of hydrogen-bond acceptors (Lipinski definition) is 5. The van der Waals surface area contributed by atoms with E-state index >= 15 is 0 Å². The number of nitrogens with one attached hydrogen (secondary N) is 2. The van der Waals surface area contributed by atoms with Crippen LogP contribution in [0.3, 0.4) is 0 Å². The molecule has 9 nitrogen and oxygen atoms in total. The Morgan fingerprint density at radius 1 is 1.24 bits per heavy atom. The quantitative estimate of drug-likeness (QED) is 0.264. The predicted octanol–water partition coefficient (Wildman–Crippen LogP) is 3.60. The Morgan fingerprint density at radius 3 is 2.71 bits per heavy atom. The van der Waals surface area contributed by atoms with Gasteiger partial charge in [-0.2, -0.15) is 0 Å². The lowest BCUT2D eigenvalue weighted by atomic mass is 9.79. The topological polar surface area (TPSA) is 118 Å². The zero-order chi connectivity index (χ0) is 27.2. The molecule has 2 aliphatic rings. The van der Waals surface area contributed by atoms with Crippen LogP contribution in [0.2, 0.25) is 0 Å². The van der Waals surface area contributed by atoms with E-state index in [4.69, 9.17) is 0 Å². The second kappa shape index (κ2) is 9.63. The molecule has 0 aliphatic carbocycles. The average molecular weight is 516 g/mol. The number of carbonyl (C=O) groups is 3. The van der Waals surface area contributed by atoms with Crippen LogP contribution in [-0.2, 0) is 15.0 Å². The minimum absolute atomic E-state index is 0.0942. The Balaban J connectivity index is 1.45. The molecular formula is C29H33N5O4. The highest BCUT2D eigenvalue weighted by Gasteiger charge is 2.57. The number of H-pyrrole nitrogens is 1. The van der Waals surface area contributed by atoms with Crippen LogP contribution in [-0.4, -0.2) is 64.7 Å². The number of para-hydroxylation sites is 1. The van der Waals surface area contributed by atoms with Gasteiger partial charge in [0.05, 0.1) is 17.7 Å². The van der Waals surface area contributed by atoms with Crippen LogP contribution < -0.4 is 10.2 Å². The molecule has 3 aromatic rings. The predicted molar refractivity (Wildman–Crippen MR) is 146 cm³/mol. The monoisotopic (exact) mass is 515 g/mol. The fraction of sp³-hybridized carbons (Fsp3) is 0.379. The number of oxime groups is 1. The first-order valence-electron chi connectivity index (χ1n) is 12.9. The minimum Gasteiger partial charge on any atom is -0.411 e. The number of benzene rings is 2. The molecule has 1 aromatic heterocycles. The van der Waals surface area contributed by atoms with Gasteiger partial charge in [-0.25, -0.2) is 0 Å². The number of carbonyl (C=O) groups excluding carboxylic acids is 3. The summed E-state index contributed by atoms with van der Waals surface area (Å²) in [4.78, 5) is 47.2. The number of hydrogen-bond donors (Lipinski definition) is 3. The van der Waals surface area contributed by atoms with E-state index in [0.717, 1.165) is 27.7 Å². The Hall–Kier alpha value is -4.14. The van der Waals surface area contributed by atoms with Gasteiger partial charge in [-0.05, 0) is 55.0 Å². The van der Waals surface area contributed by atoms with E-state index in [9.17, 15) is 19.6 Å². The summed E-state index contributed by atoms with van der Waals surface area (Å²) >= 11 is 0. The molecule has 1 saturated heterocycles. The molecule has 5 rings (SSSR count). The van der Waals surface area contributed by atoms with Crippen LogP contribution in [0.1, 0.15) is 48.3 Å². The highest BCUT2D eigenvalue weighted by molar-refractivity contribution is 6.09. The van der Waals surface area contributed by atoms with Crippen molar-refractivity contribution in [2.24, 2.45) is 11.1 Å². The zero-order valence-electron chi connectivity index (χ0n) is 22.1. The van der Waals surface area contributed by atoms with Crippen LogP contribution in [0.15, 0.2) is 53.7 Å². The average Bonchev–Trinajstić information content (AvgIpc) is 3.55. The normalized spacial score (nSPS) is 21.7. The van der Waals surface area contributed by atoms with E-state index in [1.54, 1.807) is 22.9 Å². The Kier molecular flexibility index (Phi) is 6.46. The van der Waals surface area contributed by atoms with Gasteiger partial charge in [-0.1, -0.05) is 49.3 Å². The molecule has 3 amide bonds. The first-order chi connectivity index (χ1) is 18.2. The smallest absolute Gasteiger partial charge is 0.268 e. The molecule has 0 unspecified atom stereocenters. The summed E-state index contributed by atoms with van der Waals surface area (Å²) in [6.45, 7) is 6.10. The third-order valence-electron chi connectivity index (χ3n) is 7.85. The van der Waals surface area contributed by atoms with Crippen molar-refractivity contribution in [2.45, 2.75) is 51.1 Å². The maximum absolute atomic E-state index is 14.0. The van der Waals surface area contributed by atoms with Gasteiger partial charge in [-0.3, -0.25) is 14.4 Å². The van der Waals surface area contributed by atoms with Gasteiger partial charge in [0, 0.05) is 30.2 Å². The summed E-state index contributed by atoms with van der Waals surface area (Å²) < 4.78 is 0. The number of aromatic amines is 1. The van der Waals surface area contributed by atoms with Crippen molar-refractivity contribution in [1.82, 2.24) is 15.2 Å². The van der Waals surface area contributed by atoms with Crippen molar-refractivity contribution in [2.75, 3.05) is 18.5 Å². The number of aromatic nitrogens is 1. The summed E-state index contributed by atoms with van der Waals surface area (Å²) in [6.07, 6.45) is 2.02. The summed E-state index contributed by atoms with van der Waals surface area (Å²) in [5.74, 6) is -0.650. The van der Waals surface area contributed by atoms with Crippen molar-refractivity contribution in [1.29, 1.82) is 0 Å². The number of likely N-dealkylation sites (tertiary alicyclic amines) is 1. The number of rotatable bonds is 6. The van der Waals surface area contributed by atoms with Crippen molar-refractivity contribution < 1.29 is 19.6 Å². The molecule has 2 aliphatic heterocycles. The number of aryl methyl sites for hydroxylation is 1. The van der Waals surface area contributed by atoms with Crippen LogP contribution in [0.5, 0.6) is 0 Å². The second-order valence-electron chi connectivity index (χ2n) is 10.8. The maximum atomic E-state index is 14.0. The zero-order valence-corrected chi connectivity index (χ0v) is 22.1. The van der Waals surface area contributed by atoms with E-state index in [1.807, 2.05) is 63.2 Å². The molecule has 198 valence electrons. The molecule has 3 heterocycles. The van der Waals surface area contributed by atoms with Crippen molar-refractivity contribution in [3.05, 3.63) is 65.4 Å². The third-order valence-corrected chi connectivity index (χ3v) is 7.85. The Bertz CT molecular complexity index is 1440. The summed E-state index contributed by atoms with van der Waals surface area (Å²) in [6, 6.07) is 13.8. The molecule has 38 heavy (non-hydrogen) atoms. The molecule has 3 N–H and O–H groups in total. The molecule has 1 fully saturated rings. The van der Waals surface area contributed by atoms with Crippen LogP contribution in [0.25, 0.3) is 10.9 Å². The van der Waals surface area contributed by atoms with E-state index in [-0.39, 0.29) is 30.2 Å². The third kappa shape index (κ3) is 4.12. The molecule has 0 saturated carbocycles. The summed E-state index contributed by atoms with van der Waals surface area (Å²) in [7, 11) is 1.74. The Morgan fingerprint density at radius 2 is 2.00 bits per heavy atom. The Labute approximate surface area is 221 Å². The fourth-order valence-corrected chi connectivity index (χ4v) is 6.02. The highest BCUT2D eigenvalue weighted by atomic mass is 16.4. The molecule has 3 atom stereocenters. The van der Waals surface area contributed by atoms with Gasteiger partial charge >= 0.3 is 0 Å². The maximum Gasteiger partial charge on any atom is 0.268 e. The van der Waals surface area contributed by atoms with Crippen molar-refractivity contribution in [3.63, 3.8) is 0 Å². The van der Waals surface area contributed by atoms with Gasteiger partial charge in [0.1, 0.15) is 11.7 Å². The van der Waals surface area contributed by atoms with Gasteiger partial charge in [0.25, 0.3) is 5.91 Å². The SMILES string of the molecule is Cc1cccc2[nH]c(C(=O)N[C@@H](CC(C)C)C(=O)N3C[C@]4(C[C@H]3C=NO)C(=O)N(C)c3ccccc34)cc12.